The lowest BCUT2D eigenvalue weighted by atomic mass is 9.73. The van der Waals surface area contributed by atoms with E-state index in [1.165, 1.54) is 11.1 Å². The van der Waals surface area contributed by atoms with E-state index in [0.717, 1.165) is 36.9 Å². The number of rotatable bonds is 2. The molecule has 2 aliphatic rings. The van der Waals surface area contributed by atoms with E-state index in [9.17, 15) is 9.59 Å². The molecule has 3 N–H and O–H groups in total. The summed E-state index contributed by atoms with van der Waals surface area (Å²) in [6.07, 6.45) is 4.41. The Morgan fingerprint density at radius 3 is 2.60 bits per heavy atom. The van der Waals surface area contributed by atoms with Crippen molar-refractivity contribution in [2.24, 2.45) is 11.1 Å². The fraction of sp³-hybridized carbons (Fsp3) is 0.280. The molecule has 178 valence electrons. The van der Waals surface area contributed by atoms with Crippen molar-refractivity contribution in [3.8, 4) is 5.69 Å². The molecule has 2 aromatic heterocycles. The number of halogens is 2. The highest BCUT2D eigenvalue weighted by Crippen LogP contribution is 2.50. The number of fused-ring (bicyclic) bond motifs is 2. The highest BCUT2D eigenvalue weighted by Gasteiger charge is 2.45. The van der Waals surface area contributed by atoms with Crippen LogP contribution in [0.3, 0.4) is 0 Å². The maximum Gasteiger partial charge on any atom is 0.334 e. The summed E-state index contributed by atoms with van der Waals surface area (Å²) in [5.41, 5.74) is 8.42. The van der Waals surface area contributed by atoms with E-state index in [0.29, 0.717) is 5.82 Å². The number of hydrogen-bond acceptors (Lipinski definition) is 6. The smallest absolute Gasteiger partial charge is 0.334 e. The first kappa shape index (κ1) is 22.3. The maximum absolute atomic E-state index is 13.1. The van der Waals surface area contributed by atoms with E-state index in [4.69, 9.17) is 28.9 Å². The number of nitrogens with zero attached hydrogens (tertiary/aromatic N) is 4. The second-order valence-corrected chi connectivity index (χ2v) is 10.1. The Morgan fingerprint density at radius 1 is 1.06 bits per heavy atom. The van der Waals surface area contributed by atoms with Crippen molar-refractivity contribution in [1.82, 2.24) is 19.5 Å². The number of nitrogens with two attached hydrogens (primary N) is 1. The van der Waals surface area contributed by atoms with Crippen LogP contribution in [0.2, 0.25) is 10.0 Å². The molecule has 4 aromatic rings. The van der Waals surface area contributed by atoms with E-state index >= 15 is 0 Å². The number of benzene rings is 2. The van der Waals surface area contributed by atoms with Gasteiger partial charge in [-0.15, -0.1) is 0 Å². The molecule has 1 atom stereocenters. The van der Waals surface area contributed by atoms with Crippen molar-refractivity contribution in [3.05, 3.63) is 90.7 Å². The van der Waals surface area contributed by atoms with Gasteiger partial charge in [0, 0.05) is 19.1 Å². The van der Waals surface area contributed by atoms with Crippen molar-refractivity contribution in [1.29, 1.82) is 0 Å². The largest absolute Gasteiger partial charge is 0.355 e. The number of aromatic nitrogens is 4. The molecule has 1 aliphatic carbocycles. The monoisotopic (exact) mass is 508 g/mol. The van der Waals surface area contributed by atoms with Crippen LogP contribution in [0.4, 0.5) is 5.82 Å². The molecule has 10 heteroatoms. The molecular weight excluding hydrogens is 487 g/mol. The van der Waals surface area contributed by atoms with E-state index < -0.39 is 11.2 Å². The van der Waals surface area contributed by atoms with Crippen molar-refractivity contribution >= 4 is 40.2 Å². The van der Waals surface area contributed by atoms with E-state index in [1.54, 1.807) is 24.4 Å². The van der Waals surface area contributed by atoms with Gasteiger partial charge in [0.05, 0.1) is 21.9 Å². The highest BCUT2D eigenvalue weighted by molar-refractivity contribution is 6.43. The normalized spacial score (nSPS) is 18.8. The van der Waals surface area contributed by atoms with Crippen LogP contribution in [0.25, 0.3) is 16.9 Å². The van der Waals surface area contributed by atoms with Crippen LogP contribution in [0.15, 0.2) is 58.3 Å². The van der Waals surface area contributed by atoms with Crippen LogP contribution in [-0.4, -0.2) is 32.6 Å². The molecule has 0 unspecified atom stereocenters. The molecule has 0 amide bonds. The van der Waals surface area contributed by atoms with Crippen LogP contribution in [0, 0.1) is 5.41 Å². The van der Waals surface area contributed by atoms with E-state index in [1.807, 2.05) is 6.07 Å². The number of anilines is 1. The molecule has 1 saturated heterocycles. The van der Waals surface area contributed by atoms with Crippen LogP contribution in [0.5, 0.6) is 0 Å². The first-order valence-electron chi connectivity index (χ1n) is 11.4. The zero-order valence-corrected chi connectivity index (χ0v) is 20.2. The van der Waals surface area contributed by atoms with E-state index in [2.05, 4.69) is 38.1 Å². The Labute approximate surface area is 210 Å². The molecule has 2 aromatic carbocycles. The standard InChI is InChI=1S/C25H22Cl2N6O2/c26-16-6-3-7-17(19(16)27)33-23(34)20-22(31-24(33)35)30-18(13-29-20)32-10-8-25(9-11-32)12-14-4-1-2-5-15(14)21(25)28/h1-7,13,21H,8-12,28H2,(H,30,31,35)/t21-/m1/s1. The molecule has 0 bridgehead atoms. The number of hydrogen-bond donors (Lipinski definition) is 2. The Balaban J connectivity index is 1.30. The molecule has 1 fully saturated rings. The molecule has 1 aliphatic heterocycles. The predicted molar refractivity (Wildman–Crippen MR) is 137 cm³/mol. The summed E-state index contributed by atoms with van der Waals surface area (Å²) < 4.78 is 0.925. The van der Waals surface area contributed by atoms with Gasteiger partial charge in [0.2, 0.25) is 0 Å². The zero-order chi connectivity index (χ0) is 24.3. The molecular formula is C25H22Cl2N6O2. The average molecular weight is 509 g/mol. The lowest BCUT2D eigenvalue weighted by Gasteiger charge is -2.42. The van der Waals surface area contributed by atoms with Gasteiger partial charge in [-0.1, -0.05) is 53.5 Å². The van der Waals surface area contributed by atoms with Gasteiger partial charge in [-0.3, -0.25) is 9.78 Å². The van der Waals surface area contributed by atoms with E-state index in [-0.39, 0.29) is 38.4 Å². The maximum atomic E-state index is 13.1. The first-order chi connectivity index (χ1) is 16.9. The van der Waals surface area contributed by atoms with Crippen molar-refractivity contribution in [2.75, 3.05) is 18.0 Å². The lowest BCUT2D eigenvalue weighted by Crippen LogP contribution is -2.44. The van der Waals surface area contributed by atoms with Gasteiger partial charge >= 0.3 is 5.69 Å². The second kappa shape index (κ2) is 8.19. The zero-order valence-electron chi connectivity index (χ0n) is 18.7. The molecule has 35 heavy (non-hydrogen) atoms. The van der Waals surface area contributed by atoms with Crippen LogP contribution in [-0.2, 0) is 6.42 Å². The van der Waals surface area contributed by atoms with Crippen LogP contribution in [0.1, 0.15) is 30.0 Å². The summed E-state index contributed by atoms with van der Waals surface area (Å²) in [4.78, 5) is 39.7. The van der Waals surface area contributed by atoms with Gasteiger partial charge in [-0.25, -0.2) is 19.3 Å². The molecule has 8 nitrogen and oxygen atoms in total. The topological polar surface area (TPSA) is 110 Å². The van der Waals surface area contributed by atoms with Gasteiger partial charge in [-0.05, 0) is 47.9 Å². The number of piperidine rings is 1. The fourth-order valence-corrected chi connectivity index (χ4v) is 5.88. The highest BCUT2D eigenvalue weighted by atomic mass is 35.5. The van der Waals surface area contributed by atoms with Crippen molar-refractivity contribution < 1.29 is 0 Å². The molecule has 3 heterocycles. The van der Waals surface area contributed by atoms with Crippen LogP contribution >= 0.6 is 23.2 Å². The minimum atomic E-state index is -0.662. The minimum absolute atomic E-state index is 0.0247. The van der Waals surface area contributed by atoms with Crippen molar-refractivity contribution in [2.45, 2.75) is 25.3 Å². The third kappa shape index (κ3) is 3.47. The second-order valence-electron chi connectivity index (χ2n) is 9.27. The van der Waals surface area contributed by atoms with Gasteiger partial charge < -0.3 is 10.6 Å². The molecule has 0 saturated carbocycles. The minimum Gasteiger partial charge on any atom is -0.355 e. The summed E-state index contributed by atoms with van der Waals surface area (Å²) in [6, 6.07) is 13.2. The summed E-state index contributed by atoms with van der Waals surface area (Å²) >= 11 is 12.3. The lowest BCUT2D eigenvalue weighted by molar-refractivity contribution is 0.187. The van der Waals surface area contributed by atoms with Gasteiger partial charge in [0.15, 0.2) is 11.2 Å². The predicted octanol–water partition coefficient (Wildman–Crippen LogP) is 3.62. The summed E-state index contributed by atoms with van der Waals surface area (Å²) in [6.45, 7) is 1.53. The Bertz CT molecular complexity index is 1590. The number of aromatic amines is 1. The van der Waals surface area contributed by atoms with Gasteiger partial charge in [0.1, 0.15) is 5.82 Å². The van der Waals surface area contributed by atoms with Crippen LogP contribution < -0.4 is 21.9 Å². The number of H-pyrrole nitrogens is 1. The Kier molecular flexibility index (Phi) is 5.21. The Morgan fingerprint density at radius 2 is 1.83 bits per heavy atom. The third-order valence-electron chi connectivity index (χ3n) is 7.44. The van der Waals surface area contributed by atoms with Gasteiger partial charge in [-0.2, -0.15) is 0 Å². The third-order valence-corrected chi connectivity index (χ3v) is 8.25. The SMILES string of the molecule is N[C@@H]1c2ccccc2CC12CCN(c1cnc3c(=O)n(-c4cccc(Cl)c4Cl)c(=O)[nH]c3n1)CC2. The van der Waals surface area contributed by atoms with Gasteiger partial charge in [0.25, 0.3) is 5.56 Å². The quantitative estimate of drug-likeness (QED) is 0.427. The first-order valence-corrected chi connectivity index (χ1v) is 12.2. The average Bonchev–Trinajstić information content (AvgIpc) is 3.13. The Hall–Kier alpha value is -3.20. The van der Waals surface area contributed by atoms with Crippen molar-refractivity contribution in [3.63, 3.8) is 0 Å². The summed E-state index contributed by atoms with van der Waals surface area (Å²) in [5, 5.41) is 0.352. The summed E-state index contributed by atoms with van der Waals surface area (Å²) in [7, 11) is 0. The number of nitrogens with one attached hydrogen (secondary N) is 1. The molecule has 6 rings (SSSR count). The molecule has 1 spiro atoms. The fourth-order valence-electron chi connectivity index (χ4n) is 5.50. The molecule has 0 radical (unpaired) electrons. The summed E-state index contributed by atoms with van der Waals surface area (Å²) in [5.74, 6) is 0.616.